The van der Waals surface area contributed by atoms with Crippen molar-refractivity contribution in [3.05, 3.63) is 23.8 Å². The Morgan fingerprint density at radius 1 is 1.43 bits per heavy atom. The molecular formula is C16H23ClN2O2. The summed E-state index contributed by atoms with van der Waals surface area (Å²) in [6, 6.07) is 5.41. The van der Waals surface area contributed by atoms with Crippen LogP contribution < -0.4 is 10.6 Å². The van der Waals surface area contributed by atoms with E-state index in [0.29, 0.717) is 5.69 Å². The predicted molar refractivity (Wildman–Crippen MR) is 86.0 cm³/mol. The zero-order valence-electron chi connectivity index (χ0n) is 12.3. The molecule has 1 unspecified atom stereocenters. The van der Waals surface area contributed by atoms with Crippen molar-refractivity contribution in [1.29, 1.82) is 0 Å². The molecule has 1 aromatic rings. The van der Waals surface area contributed by atoms with Crippen LogP contribution in [0.25, 0.3) is 0 Å². The smallest absolute Gasteiger partial charge is 0.228 e. The molecule has 1 heterocycles. The predicted octanol–water partition coefficient (Wildman–Crippen LogP) is 2.70. The molecule has 1 aromatic carbocycles. The fourth-order valence-electron chi connectivity index (χ4n) is 3.32. The molecule has 3 rings (SSSR count). The molecule has 0 aromatic heterocycles. The average Bonchev–Trinajstić information content (AvgIpc) is 3.15. The number of carbonyl (C=O) groups excluding carboxylic acids is 1. The first-order valence-corrected chi connectivity index (χ1v) is 7.48. The highest BCUT2D eigenvalue weighted by Gasteiger charge is 2.57. The number of carbonyl (C=O) groups is 1. The van der Waals surface area contributed by atoms with Gasteiger partial charge in [0.1, 0.15) is 5.75 Å². The van der Waals surface area contributed by atoms with E-state index >= 15 is 0 Å². The summed E-state index contributed by atoms with van der Waals surface area (Å²) in [7, 11) is 0. The minimum Gasteiger partial charge on any atom is -0.506 e. The number of hydrogen-bond donors (Lipinski definition) is 3. The highest BCUT2D eigenvalue weighted by molar-refractivity contribution is 5.96. The molecule has 21 heavy (non-hydrogen) atoms. The Morgan fingerprint density at radius 2 is 2.14 bits per heavy atom. The number of aromatic hydroxyl groups is 1. The van der Waals surface area contributed by atoms with Crippen LogP contribution in [0.15, 0.2) is 18.2 Å². The van der Waals surface area contributed by atoms with Gasteiger partial charge in [0.15, 0.2) is 0 Å². The van der Waals surface area contributed by atoms with Crippen molar-refractivity contribution in [3.8, 4) is 5.75 Å². The van der Waals surface area contributed by atoms with Crippen LogP contribution in [0.2, 0.25) is 0 Å². The summed E-state index contributed by atoms with van der Waals surface area (Å²) >= 11 is 0. The Kier molecular flexibility index (Phi) is 4.79. The lowest BCUT2D eigenvalue weighted by molar-refractivity contribution is -0.118. The molecule has 3 N–H and O–H groups in total. The molecule has 2 fully saturated rings. The van der Waals surface area contributed by atoms with Crippen molar-refractivity contribution >= 4 is 24.0 Å². The van der Waals surface area contributed by atoms with Crippen molar-refractivity contribution in [2.45, 2.75) is 32.6 Å². The molecule has 2 aliphatic rings. The van der Waals surface area contributed by atoms with Gasteiger partial charge in [0.25, 0.3) is 0 Å². The van der Waals surface area contributed by atoms with E-state index in [1.165, 1.54) is 0 Å². The lowest BCUT2D eigenvalue weighted by Crippen LogP contribution is -2.31. The second-order valence-electron chi connectivity index (χ2n) is 6.06. The van der Waals surface area contributed by atoms with Gasteiger partial charge in [0, 0.05) is 5.92 Å². The minimum atomic E-state index is 0. The van der Waals surface area contributed by atoms with Crippen molar-refractivity contribution < 1.29 is 9.90 Å². The molecule has 1 saturated carbocycles. The van der Waals surface area contributed by atoms with Gasteiger partial charge in [0.05, 0.1) is 5.69 Å². The van der Waals surface area contributed by atoms with Gasteiger partial charge in [-0.3, -0.25) is 4.79 Å². The zero-order chi connectivity index (χ0) is 14.2. The van der Waals surface area contributed by atoms with Crippen molar-refractivity contribution in [1.82, 2.24) is 5.32 Å². The molecule has 1 aliphatic carbocycles. The lowest BCUT2D eigenvalue weighted by atomic mass is 9.92. The summed E-state index contributed by atoms with van der Waals surface area (Å²) in [5.41, 5.74) is 1.89. The third-order valence-corrected chi connectivity index (χ3v) is 4.83. The monoisotopic (exact) mass is 310 g/mol. The van der Waals surface area contributed by atoms with Crippen LogP contribution in [0, 0.1) is 11.3 Å². The first-order valence-electron chi connectivity index (χ1n) is 7.48. The van der Waals surface area contributed by atoms with Gasteiger partial charge < -0.3 is 15.7 Å². The number of nitrogens with one attached hydrogen (secondary N) is 2. The number of anilines is 1. The van der Waals surface area contributed by atoms with Gasteiger partial charge in [-0.05, 0) is 61.9 Å². The molecule has 1 aliphatic heterocycles. The standard InChI is InChI=1S/C16H22N2O2.ClH/c1-2-11-3-4-14(19)13(9-11)18-15(20)12-10-16(12)5-7-17-8-6-16;/h3-4,9,12,17,19H,2,5-8,10H2,1H3,(H,18,20);1H. The van der Waals surface area contributed by atoms with E-state index in [4.69, 9.17) is 0 Å². The maximum atomic E-state index is 12.4. The SMILES string of the molecule is CCc1ccc(O)c(NC(=O)C2CC23CCNCC3)c1.Cl. The lowest BCUT2D eigenvalue weighted by Gasteiger charge is -2.23. The first kappa shape index (κ1) is 16.1. The maximum absolute atomic E-state index is 12.4. The fourth-order valence-corrected chi connectivity index (χ4v) is 3.32. The van der Waals surface area contributed by atoms with Crippen LogP contribution >= 0.6 is 12.4 Å². The number of rotatable bonds is 3. The highest BCUT2D eigenvalue weighted by atomic mass is 35.5. The van der Waals surface area contributed by atoms with E-state index in [0.717, 1.165) is 44.3 Å². The van der Waals surface area contributed by atoms with Gasteiger partial charge in [0.2, 0.25) is 5.91 Å². The average molecular weight is 311 g/mol. The number of aryl methyl sites for hydroxylation is 1. The number of halogens is 1. The molecule has 116 valence electrons. The number of benzene rings is 1. The van der Waals surface area contributed by atoms with Gasteiger partial charge in [-0.25, -0.2) is 0 Å². The molecule has 1 atom stereocenters. The third kappa shape index (κ3) is 3.16. The summed E-state index contributed by atoms with van der Waals surface area (Å²) in [5.74, 6) is 0.334. The van der Waals surface area contributed by atoms with Gasteiger partial charge >= 0.3 is 0 Å². The van der Waals surface area contributed by atoms with Crippen molar-refractivity contribution in [3.63, 3.8) is 0 Å². The molecule has 0 bridgehead atoms. The van der Waals surface area contributed by atoms with Gasteiger partial charge in [-0.2, -0.15) is 0 Å². The van der Waals surface area contributed by atoms with Crippen molar-refractivity contribution in [2.75, 3.05) is 18.4 Å². The van der Waals surface area contributed by atoms with Gasteiger partial charge in [-0.15, -0.1) is 12.4 Å². The number of hydrogen-bond acceptors (Lipinski definition) is 3. The summed E-state index contributed by atoms with van der Waals surface area (Å²) in [5, 5.41) is 16.1. The first-order chi connectivity index (χ1) is 9.64. The van der Waals surface area contributed by atoms with Crippen molar-refractivity contribution in [2.24, 2.45) is 11.3 Å². The Balaban J connectivity index is 0.00000161. The van der Waals surface area contributed by atoms with Crippen LogP contribution in [0.5, 0.6) is 5.75 Å². The van der Waals surface area contributed by atoms with E-state index in [2.05, 4.69) is 17.6 Å². The van der Waals surface area contributed by atoms with E-state index < -0.39 is 0 Å². The highest BCUT2D eigenvalue weighted by Crippen LogP contribution is 2.58. The number of phenols is 1. The summed E-state index contributed by atoms with van der Waals surface area (Å²) in [6.07, 6.45) is 4.06. The van der Waals surface area contributed by atoms with E-state index in [-0.39, 0.29) is 35.4 Å². The second kappa shape index (κ2) is 6.24. The Morgan fingerprint density at radius 3 is 2.81 bits per heavy atom. The van der Waals surface area contributed by atoms with Crippen LogP contribution in [-0.2, 0) is 11.2 Å². The van der Waals surface area contributed by atoms with E-state index in [1.807, 2.05) is 12.1 Å². The molecule has 4 nitrogen and oxygen atoms in total. The fraction of sp³-hybridized carbons (Fsp3) is 0.562. The number of amides is 1. The molecule has 1 saturated heterocycles. The molecule has 5 heteroatoms. The third-order valence-electron chi connectivity index (χ3n) is 4.83. The van der Waals surface area contributed by atoms with Crippen LogP contribution in [-0.4, -0.2) is 24.1 Å². The molecular weight excluding hydrogens is 288 g/mol. The topological polar surface area (TPSA) is 61.4 Å². The zero-order valence-corrected chi connectivity index (χ0v) is 13.1. The van der Waals surface area contributed by atoms with E-state index in [1.54, 1.807) is 6.07 Å². The maximum Gasteiger partial charge on any atom is 0.228 e. The normalized spacial score (nSPS) is 22.4. The molecule has 0 radical (unpaired) electrons. The molecule has 1 spiro atoms. The van der Waals surface area contributed by atoms with Gasteiger partial charge in [-0.1, -0.05) is 13.0 Å². The van der Waals surface area contributed by atoms with Crippen LogP contribution in [0.1, 0.15) is 31.7 Å². The quantitative estimate of drug-likeness (QED) is 0.752. The minimum absolute atomic E-state index is 0. The largest absolute Gasteiger partial charge is 0.506 e. The summed E-state index contributed by atoms with van der Waals surface area (Å²) < 4.78 is 0. The van der Waals surface area contributed by atoms with E-state index in [9.17, 15) is 9.90 Å². The molecule has 1 amide bonds. The number of piperidine rings is 1. The summed E-state index contributed by atoms with van der Waals surface area (Å²) in [6.45, 7) is 4.09. The van der Waals surface area contributed by atoms with Crippen LogP contribution in [0.4, 0.5) is 5.69 Å². The Bertz CT molecular complexity index is 527. The van der Waals surface area contributed by atoms with Crippen LogP contribution in [0.3, 0.4) is 0 Å². The second-order valence-corrected chi connectivity index (χ2v) is 6.06. The summed E-state index contributed by atoms with van der Waals surface area (Å²) in [4.78, 5) is 12.4. The Labute approximate surface area is 131 Å². The Hall–Kier alpha value is -1.26. The number of phenolic OH excluding ortho intramolecular Hbond substituents is 1.